The Hall–Kier alpha value is -2.33. The highest BCUT2D eigenvalue weighted by Crippen LogP contribution is 2.15. The van der Waals surface area contributed by atoms with Crippen LogP contribution in [0.5, 0.6) is 5.75 Å². The minimum Gasteiger partial charge on any atom is -0.494 e. The SMILES string of the molecule is CCCCN1C(NCCCOc2cccc(CN(C)C)c2)=NC(N)=NS1(=O)=O. The van der Waals surface area contributed by atoms with Crippen LogP contribution in [-0.2, 0) is 16.8 Å². The van der Waals surface area contributed by atoms with Gasteiger partial charge < -0.3 is 20.7 Å². The molecule has 0 amide bonds. The predicted octanol–water partition coefficient (Wildman–Crippen LogP) is 1.14. The molecule has 0 atom stereocenters. The van der Waals surface area contributed by atoms with E-state index in [4.69, 9.17) is 10.5 Å². The second-order valence-electron chi connectivity index (χ2n) is 6.80. The van der Waals surface area contributed by atoms with Gasteiger partial charge in [0.2, 0.25) is 11.9 Å². The van der Waals surface area contributed by atoms with Gasteiger partial charge in [-0.15, -0.1) is 4.40 Å². The van der Waals surface area contributed by atoms with Crippen LogP contribution in [0.1, 0.15) is 31.7 Å². The van der Waals surface area contributed by atoms with Gasteiger partial charge in [-0.3, -0.25) is 0 Å². The highest BCUT2D eigenvalue weighted by molar-refractivity contribution is 7.88. The third kappa shape index (κ3) is 6.68. The van der Waals surface area contributed by atoms with Gasteiger partial charge in [-0.2, -0.15) is 13.4 Å². The van der Waals surface area contributed by atoms with Crippen LogP contribution in [0.4, 0.5) is 0 Å². The third-order valence-corrected chi connectivity index (χ3v) is 5.26. The van der Waals surface area contributed by atoms with E-state index in [9.17, 15) is 8.42 Å². The van der Waals surface area contributed by atoms with Crippen molar-refractivity contribution in [3.63, 3.8) is 0 Å². The number of hydrogen-bond acceptors (Lipinski definition) is 7. The first-order valence-corrected chi connectivity index (χ1v) is 10.8. The van der Waals surface area contributed by atoms with Gasteiger partial charge in [0.25, 0.3) is 0 Å². The van der Waals surface area contributed by atoms with Crippen LogP contribution in [0, 0.1) is 0 Å². The Morgan fingerprint density at radius 3 is 2.79 bits per heavy atom. The van der Waals surface area contributed by atoms with Crippen molar-refractivity contribution in [1.82, 2.24) is 14.5 Å². The molecule has 10 heteroatoms. The van der Waals surface area contributed by atoms with E-state index in [2.05, 4.69) is 25.7 Å². The fraction of sp³-hybridized carbons (Fsp3) is 0.556. The molecule has 0 unspecified atom stereocenters. The van der Waals surface area contributed by atoms with Crippen LogP contribution in [0.25, 0.3) is 0 Å². The fourth-order valence-corrected chi connectivity index (χ4v) is 3.73. The second-order valence-corrected chi connectivity index (χ2v) is 8.32. The third-order valence-electron chi connectivity index (χ3n) is 3.93. The maximum absolute atomic E-state index is 12.2. The standard InChI is InChI=1S/C18H30N6O3S/c1-4-5-11-24-18(21-17(19)22-28(24,25)26)20-10-7-12-27-16-9-6-8-15(13-16)14-23(2)3/h6,8-9,13H,4-5,7,10-12,14H2,1-3H3,(H3,19,20,21,22). The highest BCUT2D eigenvalue weighted by atomic mass is 32.2. The van der Waals surface area contributed by atoms with Crippen molar-refractivity contribution >= 4 is 22.1 Å². The number of aliphatic imine (C=N–C) groups is 1. The zero-order chi connectivity index (χ0) is 20.6. The maximum Gasteiger partial charge on any atom is 0.350 e. The summed E-state index contributed by atoms with van der Waals surface area (Å²) in [5, 5.41) is 3.04. The Labute approximate surface area is 167 Å². The van der Waals surface area contributed by atoms with E-state index in [1.807, 2.05) is 39.2 Å². The summed E-state index contributed by atoms with van der Waals surface area (Å²) in [6, 6.07) is 7.98. The summed E-state index contributed by atoms with van der Waals surface area (Å²) in [5.41, 5.74) is 6.72. The van der Waals surface area contributed by atoms with Crippen LogP contribution in [0.2, 0.25) is 0 Å². The van der Waals surface area contributed by atoms with Gasteiger partial charge in [0.15, 0.2) is 0 Å². The zero-order valence-corrected chi connectivity index (χ0v) is 17.6. The summed E-state index contributed by atoms with van der Waals surface area (Å²) in [5.74, 6) is 0.774. The van der Waals surface area contributed by atoms with E-state index in [0.29, 0.717) is 32.5 Å². The molecule has 1 aromatic carbocycles. The largest absolute Gasteiger partial charge is 0.494 e. The van der Waals surface area contributed by atoms with E-state index < -0.39 is 10.2 Å². The lowest BCUT2D eigenvalue weighted by atomic mass is 10.2. The molecular weight excluding hydrogens is 380 g/mol. The van der Waals surface area contributed by atoms with Crippen molar-refractivity contribution in [1.29, 1.82) is 0 Å². The molecule has 1 aliphatic rings. The predicted molar refractivity (Wildman–Crippen MR) is 112 cm³/mol. The van der Waals surface area contributed by atoms with E-state index in [-0.39, 0.29) is 11.9 Å². The molecule has 0 fully saturated rings. The Morgan fingerprint density at radius 1 is 1.29 bits per heavy atom. The lowest BCUT2D eigenvalue weighted by molar-refractivity contribution is 0.309. The Bertz CT molecular complexity index is 807. The molecule has 0 aromatic heterocycles. The summed E-state index contributed by atoms with van der Waals surface area (Å²) < 4.78 is 34.8. The van der Waals surface area contributed by atoms with E-state index >= 15 is 0 Å². The Kier molecular flexibility index (Phi) is 8.06. The van der Waals surface area contributed by atoms with E-state index in [1.54, 1.807) is 0 Å². The Balaban J connectivity index is 1.84. The Morgan fingerprint density at radius 2 is 2.07 bits per heavy atom. The number of nitrogens with one attached hydrogen (secondary N) is 1. The number of hydrogen-bond donors (Lipinski definition) is 2. The number of nitrogens with zero attached hydrogens (tertiary/aromatic N) is 4. The molecule has 0 saturated heterocycles. The fourth-order valence-electron chi connectivity index (χ4n) is 2.67. The van der Waals surface area contributed by atoms with Crippen LogP contribution >= 0.6 is 0 Å². The summed E-state index contributed by atoms with van der Waals surface area (Å²) >= 11 is 0. The smallest absolute Gasteiger partial charge is 0.350 e. The monoisotopic (exact) mass is 410 g/mol. The topological polar surface area (TPSA) is 113 Å². The van der Waals surface area contributed by atoms with Gasteiger partial charge >= 0.3 is 10.2 Å². The van der Waals surface area contributed by atoms with Gasteiger partial charge in [0.1, 0.15) is 5.75 Å². The molecule has 0 spiro atoms. The minimum absolute atomic E-state index is 0.217. The molecule has 0 radical (unpaired) electrons. The first-order chi connectivity index (χ1) is 13.3. The number of ether oxygens (including phenoxy) is 1. The van der Waals surface area contributed by atoms with Crippen LogP contribution in [0.3, 0.4) is 0 Å². The number of guanidine groups is 2. The first-order valence-electron chi connectivity index (χ1n) is 9.39. The number of benzene rings is 1. The zero-order valence-electron chi connectivity index (χ0n) is 16.8. The summed E-state index contributed by atoms with van der Waals surface area (Å²) in [6.45, 7) is 4.15. The van der Waals surface area contributed by atoms with Gasteiger partial charge in [0.05, 0.1) is 6.61 Å². The average molecular weight is 411 g/mol. The molecule has 0 aliphatic carbocycles. The maximum atomic E-state index is 12.2. The molecule has 0 bridgehead atoms. The van der Waals surface area contributed by atoms with Crippen LogP contribution in [-0.4, -0.2) is 63.3 Å². The van der Waals surface area contributed by atoms with Gasteiger partial charge in [-0.25, -0.2) is 4.31 Å². The van der Waals surface area contributed by atoms with Crippen molar-refractivity contribution < 1.29 is 13.2 Å². The van der Waals surface area contributed by atoms with Gasteiger partial charge in [0, 0.05) is 19.6 Å². The molecule has 2 rings (SSSR count). The second kappa shape index (κ2) is 10.3. The lowest BCUT2D eigenvalue weighted by Crippen LogP contribution is -2.48. The van der Waals surface area contributed by atoms with Crippen molar-refractivity contribution in [2.45, 2.75) is 32.7 Å². The summed E-state index contributed by atoms with van der Waals surface area (Å²) in [7, 11) is 0.218. The molecule has 28 heavy (non-hydrogen) atoms. The molecule has 1 aliphatic heterocycles. The first kappa shape index (κ1) is 22.0. The lowest BCUT2D eigenvalue weighted by Gasteiger charge is -2.26. The van der Waals surface area contributed by atoms with Crippen molar-refractivity contribution in [3.05, 3.63) is 29.8 Å². The summed E-state index contributed by atoms with van der Waals surface area (Å²) in [4.78, 5) is 6.14. The quantitative estimate of drug-likeness (QED) is 0.559. The van der Waals surface area contributed by atoms with Crippen molar-refractivity contribution in [3.8, 4) is 5.75 Å². The molecule has 1 heterocycles. The molecular formula is C18H30N6O3S. The van der Waals surface area contributed by atoms with Crippen molar-refractivity contribution in [2.24, 2.45) is 15.1 Å². The molecule has 9 nitrogen and oxygen atoms in total. The highest BCUT2D eigenvalue weighted by Gasteiger charge is 2.29. The van der Waals surface area contributed by atoms with E-state index in [0.717, 1.165) is 18.7 Å². The normalized spacial score (nSPS) is 15.9. The molecule has 3 N–H and O–H groups in total. The molecule has 1 aromatic rings. The number of rotatable bonds is 10. The van der Waals surface area contributed by atoms with Crippen molar-refractivity contribution in [2.75, 3.05) is 33.8 Å². The average Bonchev–Trinajstić information content (AvgIpc) is 2.59. The van der Waals surface area contributed by atoms with E-state index in [1.165, 1.54) is 9.87 Å². The molecule has 156 valence electrons. The summed E-state index contributed by atoms with van der Waals surface area (Å²) in [6.07, 6.45) is 2.25. The number of unbranched alkanes of at least 4 members (excludes halogenated alkanes) is 1. The van der Waals surface area contributed by atoms with Gasteiger partial charge in [-0.1, -0.05) is 25.5 Å². The minimum atomic E-state index is -3.83. The molecule has 0 saturated carbocycles. The van der Waals surface area contributed by atoms with Gasteiger partial charge in [-0.05, 0) is 44.6 Å². The van der Waals surface area contributed by atoms with Crippen LogP contribution in [0.15, 0.2) is 33.7 Å². The van der Waals surface area contributed by atoms with Crippen LogP contribution < -0.4 is 15.8 Å². The number of nitrogens with two attached hydrogens (primary N) is 1.